The maximum Gasteiger partial charge on any atom is 0.247 e. The molecule has 6 heteroatoms. The fourth-order valence-corrected chi connectivity index (χ4v) is 2.91. The Balaban J connectivity index is 2.50. The van der Waals surface area contributed by atoms with E-state index in [0.29, 0.717) is 6.54 Å². The maximum atomic E-state index is 12.8. The third kappa shape index (κ3) is 2.82. The van der Waals surface area contributed by atoms with E-state index in [1.807, 2.05) is 24.3 Å². The van der Waals surface area contributed by atoms with Crippen molar-refractivity contribution >= 4 is 21.4 Å². The largest absolute Gasteiger partial charge is 0.324 e. The van der Waals surface area contributed by atoms with Gasteiger partial charge < -0.3 is 10.6 Å². The third-order valence-corrected chi connectivity index (χ3v) is 6.24. The molecule has 0 bridgehead atoms. The van der Waals surface area contributed by atoms with Gasteiger partial charge in [-0.05, 0) is 38.3 Å². The molecule has 0 fully saturated rings. The predicted molar refractivity (Wildman–Crippen MR) is 83.9 cm³/mol. The molecule has 0 aliphatic carbocycles. The molecular weight excluding hydrogens is 288 g/mol. The number of carbonyl (C=O) groups excluding carboxylic acids is 1. The van der Waals surface area contributed by atoms with E-state index >= 15 is 0 Å². The van der Waals surface area contributed by atoms with Gasteiger partial charge in [-0.25, -0.2) is 8.42 Å². The van der Waals surface area contributed by atoms with Crippen molar-refractivity contribution in [1.82, 2.24) is 0 Å². The molecule has 0 aromatic heterocycles. The first kappa shape index (κ1) is 16.0. The van der Waals surface area contributed by atoms with Crippen LogP contribution in [0, 0.1) is 0 Å². The van der Waals surface area contributed by atoms with Crippen LogP contribution in [-0.4, -0.2) is 31.9 Å². The van der Waals surface area contributed by atoms with Crippen LogP contribution in [0.4, 0.5) is 5.69 Å². The molecule has 2 N–H and O–H groups in total. The summed E-state index contributed by atoms with van der Waals surface area (Å²) in [5.41, 5.74) is 7.77. The number of carbonyl (C=O) groups is 1. The number of hydrogen-bond donors (Lipinski definition) is 1. The topological polar surface area (TPSA) is 80.5 Å². The Labute approximate surface area is 126 Å². The summed E-state index contributed by atoms with van der Waals surface area (Å²) >= 11 is 0. The minimum Gasteiger partial charge on any atom is -0.324 e. The summed E-state index contributed by atoms with van der Waals surface area (Å²) in [6, 6.07) is 7.33. The zero-order valence-corrected chi connectivity index (χ0v) is 13.5. The van der Waals surface area contributed by atoms with Crippen LogP contribution in [0.25, 0.3) is 0 Å². The van der Waals surface area contributed by atoms with Crippen molar-refractivity contribution in [3.05, 3.63) is 29.8 Å². The molecule has 1 aliphatic rings. The Kier molecular flexibility index (Phi) is 4.13. The second kappa shape index (κ2) is 5.42. The first-order valence-electron chi connectivity index (χ1n) is 7.02. The molecule has 1 amide bonds. The van der Waals surface area contributed by atoms with Crippen LogP contribution in [0.5, 0.6) is 0 Å². The number of fused-ring (bicyclic) bond motifs is 1. The van der Waals surface area contributed by atoms with Gasteiger partial charge in [0.2, 0.25) is 5.91 Å². The highest BCUT2D eigenvalue weighted by atomic mass is 32.2. The molecule has 2 rings (SSSR count). The van der Waals surface area contributed by atoms with E-state index in [-0.39, 0.29) is 6.04 Å². The highest BCUT2D eigenvalue weighted by molar-refractivity contribution is 7.92. The van der Waals surface area contributed by atoms with E-state index in [0.717, 1.165) is 30.3 Å². The summed E-state index contributed by atoms with van der Waals surface area (Å²) in [6.07, 6.45) is 2.63. The number of rotatable bonds is 2. The van der Waals surface area contributed by atoms with Gasteiger partial charge in [-0.1, -0.05) is 18.2 Å². The van der Waals surface area contributed by atoms with E-state index < -0.39 is 20.5 Å². The molecule has 1 aromatic rings. The Morgan fingerprint density at radius 3 is 2.57 bits per heavy atom. The number of anilines is 1. The number of sulfone groups is 1. The van der Waals surface area contributed by atoms with Crippen LogP contribution in [0.1, 0.15) is 38.3 Å². The van der Waals surface area contributed by atoms with Crippen molar-refractivity contribution in [2.24, 2.45) is 5.73 Å². The van der Waals surface area contributed by atoms with Crippen molar-refractivity contribution in [2.45, 2.75) is 37.5 Å². The highest BCUT2D eigenvalue weighted by Gasteiger charge is 2.42. The fraction of sp³-hybridized carbons (Fsp3) is 0.533. The lowest BCUT2D eigenvalue weighted by Crippen LogP contribution is -2.50. The van der Waals surface area contributed by atoms with Crippen LogP contribution >= 0.6 is 0 Å². The quantitative estimate of drug-likeness (QED) is 0.900. The van der Waals surface area contributed by atoms with Crippen molar-refractivity contribution < 1.29 is 13.2 Å². The zero-order chi connectivity index (χ0) is 15.8. The van der Waals surface area contributed by atoms with Gasteiger partial charge in [0.25, 0.3) is 0 Å². The standard InChI is InChI=1S/C15H22N2O3S/c1-15(2,21(3,19)20)14(18)17-10-6-8-12(16)11-7-4-5-9-13(11)17/h4-5,7,9,12H,6,8,10,16H2,1-3H3. The number of benzene rings is 1. The van der Waals surface area contributed by atoms with E-state index in [1.165, 1.54) is 13.8 Å². The molecule has 0 saturated carbocycles. The van der Waals surface area contributed by atoms with Crippen LogP contribution < -0.4 is 10.6 Å². The highest BCUT2D eigenvalue weighted by Crippen LogP contribution is 2.33. The summed E-state index contributed by atoms with van der Waals surface area (Å²) in [4.78, 5) is 14.4. The number of nitrogens with two attached hydrogens (primary N) is 1. The summed E-state index contributed by atoms with van der Waals surface area (Å²) in [6.45, 7) is 3.40. The molecule has 1 unspecified atom stereocenters. The van der Waals surface area contributed by atoms with Crippen LogP contribution in [0.3, 0.4) is 0 Å². The summed E-state index contributed by atoms with van der Waals surface area (Å²) in [5, 5.41) is 0. The second-order valence-electron chi connectivity index (χ2n) is 6.05. The lowest BCUT2D eigenvalue weighted by Gasteiger charge is -2.31. The summed E-state index contributed by atoms with van der Waals surface area (Å²) in [5.74, 6) is -0.397. The predicted octanol–water partition coefficient (Wildman–Crippen LogP) is 1.64. The van der Waals surface area contributed by atoms with Crippen molar-refractivity contribution in [2.75, 3.05) is 17.7 Å². The summed E-state index contributed by atoms with van der Waals surface area (Å²) < 4.78 is 22.4. The smallest absolute Gasteiger partial charge is 0.247 e. The maximum absolute atomic E-state index is 12.8. The van der Waals surface area contributed by atoms with Gasteiger partial charge in [0, 0.05) is 24.5 Å². The molecule has 116 valence electrons. The number of para-hydroxylation sites is 1. The Morgan fingerprint density at radius 2 is 1.95 bits per heavy atom. The monoisotopic (exact) mass is 310 g/mol. The molecule has 5 nitrogen and oxygen atoms in total. The van der Waals surface area contributed by atoms with E-state index in [2.05, 4.69) is 0 Å². The van der Waals surface area contributed by atoms with Crippen molar-refractivity contribution in [3.8, 4) is 0 Å². The lowest BCUT2D eigenvalue weighted by atomic mass is 10.0. The van der Waals surface area contributed by atoms with Crippen LogP contribution in [0.15, 0.2) is 24.3 Å². The SMILES string of the molecule is CC(C)(C(=O)N1CCCC(N)c2ccccc21)S(C)(=O)=O. The van der Waals surface area contributed by atoms with Gasteiger partial charge >= 0.3 is 0 Å². The number of hydrogen-bond acceptors (Lipinski definition) is 4. The van der Waals surface area contributed by atoms with Crippen LogP contribution in [-0.2, 0) is 14.6 Å². The number of amides is 1. The van der Waals surface area contributed by atoms with Crippen LogP contribution in [0.2, 0.25) is 0 Å². The van der Waals surface area contributed by atoms with Crippen molar-refractivity contribution in [1.29, 1.82) is 0 Å². The van der Waals surface area contributed by atoms with E-state index in [1.54, 1.807) is 4.90 Å². The Bertz CT molecular complexity index is 653. The molecule has 0 saturated heterocycles. The average Bonchev–Trinajstić information content (AvgIpc) is 2.57. The molecule has 1 aliphatic heterocycles. The van der Waals surface area contributed by atoms with Gasteiger partial charge in [0.1, 0.15) is 4.75 Å². The molecule has 1 atom stereocenters. The molecule has 0 spiro atoms. The first-order chi connectivity index (χ1) is 9.66. The van der Waals surface area contributed by atoms with Gasteiger partial charge in [0.05, 0.1) is 0 Å². The zero-order valence-electron chi connectivity index (χ0n) is 12.7. The second-order valence-corrected chi connectivity index (χ2v) is 8.61. The average molecular weight is 310 g/mol. The van der Waals surface area contributed by atoms with E-state index in [9.17, 15) is 13.2 Å². The minimum atomic E-state index is -3.50. The molecule has 21 heavy (non-hydrogen) atoms. The fourth-order valence-electron chi connectivity index (χ4n) is 2.49. The normalized spacial score (nSPS) is 19.8. The van der Waals surface area contributed by atoms with Gasteiger partial charge in [-0.2, -0.15) is 0 Å². The number of nitrogens with zero attached hydrogens (tertiary/aromatic N) is 1. The molecule has 1 heterocycles. The minimum absolute atomic E-state index is 0.125. The molecule has 0 radical (unpaired) electrons. The summed E-state index contributed by atoms with van der Waals surface area (Å²) in [7, 11) is -3.50. The lowest BCUT2D eigenvalue weighted by molar-refractivity contribution is -0.120. The van der Waals surface area contributed by atoms with Gasteiger partial charge in [0.15, 0.2) is 9.84 Å². The third-order valence-electron chi connectivity index (χ3n) is 4.21. The molecule has 1 aromatic carbocycles. The van der Waals surface area contributed by atoms with E-state index in [4.69, 9.17) is 5.73 Å². The van der Waals surface area contributed by atoms with Crippen molar-refractivity contribution in [3.63, 3.8) is 0 Å². The Hall–Kier alpha value is -1.40. The first-order valence-corrected chi connectivity index (χ1v) is 8.91. The van der Waals surface area contributed by atoms with Gasteiger partial charge in [-0.3, -0.25) is 4.79 Å². The Morgan fingerprint density at radius 1 is 1.33 bits per heavy atom. The molecular formula is C15H22N2O3S. The van der Waals surface area contributed by atoms with Gasteiger partial charge in [-0.15, -0.1) is 0 Å².